The Morgan fingerprint density at radius 2 is 2.00 bits per heavy atom. The Morgan fingerprint density at radius 3 is 2.77 bits per heavy atom. The maximum Gasteiger partial charge on any atom is 0.212 e. The first kappa shape index (κ1) is 14.4. The third-order valence-electron chi connectivity index (χ3n) is 3.14. The van der Waals surface area contributed by atoms with Crippen LogP contribution in [-0.2, 0) is 0 Å². The van der Waals surface area contributed by atoms with Crippen molar-refractivity contribution >= 4 is 56.3 Å². The van der Waals surface area contributed by atoms with Crippen LogP contribution in [0.15, 0.2) is 50.4 Å². The normalized spacial score (nSPS) is 13.8. The smallest absolute Gasteiger partial charge is 0.186 e. The highest BCUT2D eigenvalue weighted by atomic mass is 79.9. The molecular formula is C14H8BrClN4S2. The first-order valence-corrected chi connectivity index (χ1v) is 9.36. The van der Waals surface area contributed by atoms with Gasteiger partial charge in [0.1, 0.15) is 0 Å². The van der Waals surface area contributed by atoms with E-state index >= 15 is 0 Å². The van der Waals surface area contributed by atoms with Crippen LogP contribution in [0.4, 0.5) is 0 Å². The van der Waals surface area contributed by atoms with Crippen molar-refractivity contribution in [1.29, 1.82) is 0 Å². The molecule has 4 nitrogen and oxygen atoms in total. The van der Waals surface area contributed by atoms with Crippen LogP contribution < -0.4 is 0 Å². The minimum absolute atomic E-state index is 0.642. The summed E-state index contributed by atoms with van der Waals surface area (Å²) in [5.41, 5.74) is 1.85. The van der Waals surface area contributed by atoms with E-state index in [9.17, 15) is 0 Å². The summed E-state index contributed by atoms with van der Waals surface area (Å²) in [7, 11) is 0. The quantitative estimate of drug-likeness (QED) is 0.609. The minimum atomic E-state index is 0.642. The summed E-state index contributed by atoms with van der Waals surface area (Å²) in [6.07, 6.45) is 0. The molecule has 0 unspecified atom stereocenters. The number of hydrogen-bond acceptors (Lipinski definition) is 5. The fraction of sp³-hybridized carbons (Fsp3) is 0.0714. The molecule has 8 heteroatoms. The van der Waals surface area contributed by atoms with Crippen molar-refractivity contribution in [2.24, 2.45) is 5.10 Å². The molecule has 1 aliphatic heterocycles. The van der Waals surface area contributed by atoms with Gasteiger partial charge in [0.05, 0.1) is 19.4 Å². The fourth-order valence-electron chi connectivity index (χ4n) is 2.13. The average molecular weight is 412 g/mol. The summed E-state index contributed by atoms with van der Waals surface area (Å²) in [6, 6.07) is 11.7. The third-order valence-corrected chi connectivity index (χ3v) is 6.08. The lowest BCUT2D eigenvalue weighted by molar-refractivity contribution is 0.763. The van der Waals surface area contributed by atoms with Crippen molar-refractivity contribution in [3.63, 3.8) is 0 Å². The molecule has 0 fully saturated rings. The van der Waals surface area contributed by atoms with Crippen LogP contribution in [0.3, 0.4) is 0 Å². The molecule has 0 saturated carbocycles. The molecule has 22 heavy (non-hydrogen) atoms. The second kappa shape index (κ2) is 5.81. The third kappa shape index (κ3) is 2.52. The largest absolute Gasteiger partial charge is 0.212 e. The maximum absolute atomic E-state index is 6.27. The number of benzene rings is 1. The van der Waals surface area contributed by atoms with Gasteiger partial charge in [-0.2, -0.15) is 9.78 Å². The monoisotopic (exact) mass is 410 g/mol. The van der Waals surface area contributed by atoms with E-state index in [1.807, 2.05) is 30.3 Å². The molecule has 0 bridgehead atoms. The number of halogens is 2. The van der Waals surface area contributed by atoms with Crippen LogP contribution in [0.5, 0.6) is 0 Å². The first-order valence-electron chi connectivity index (χ1n) is 6.39. The zero-order valence-electron chi connectivity index (χ0n) is 11.0. The second-order valence-electron chi connectivity index (χ2n) is 4.54. The summed E-state index contributed by atoms with van der Waals surface area (Å²) in [6.45, 7) is 0. The molecule has 0 saturated heterocycles. The van der Waals surface area contributed by atoms with Crippen molar-refractivity contribution in [2.75, 3.05) is 5.75 Å². The van der Waals surface area contributed by atoms with E-state index in [2.05, 4.69) is 32.2 Å². The van der Waals surface area contributed by atoms with Crippen LogP contribution in [0, 0.1) is 0 Å². The topological polar surface area (TPSA) is 43.1 Å². The fourth-order valence-corrected chi connectivity index (χ4v) is 4.64. The van der Waals surface area contributed by atoms with Crippen molar-refractivity contribution in [3.05, 3.63) is 50.1 Å². The Hall–Kier alpha value is -1.15. The van der Waals surface area contributed by atoms with Crippen molar-refractivity contribution in [1.82, 2.24) is 14.9 Å². The van der Waals surface area contributed by atoms with Crippen LogP contribution in [-0.4, -0.2) is 26.3 Å². The van der Waals surface area contributed by atoms with E-state index in [1.54, 1.807) is 27.8 Å². The number of rotatable bonds is 2. The zero-order chi connectivity index (χ0) is 15.1. The molecular weight excluding hydrogens is 404 g/mol. The van der Waals surface area contributed by atoms with Crippen LogP contribution in [0.25, 0.3) is 11.4 Å². The lowest BCUT2D eigenvalue weighted by atomic mass is 10.2. The molecule has 0 amide bonds. The molecule has 0 N–H and O–H groups in total. The lowest BCUT2D eigenvalue weighted by Crippen LogP contribution is -2.12. The average Bonchev–Trinajstić information content (AvgIpc) is 3.13. The van der Waals surface area contributed by atoms with Crippen LogP contribution >= 0.6 is 50.6 Å². The van der Waals surface area contributed by atoms with Crippen molar-refractivity contribution < 1.29 is 0 Å². The Balaban J connectivity index is 1.83. The highest BCUT2D eigenvalue weighted by Gasteiger charge is 2.22. The predicted octanol–water partition coefficient (Wildman–Crippen LogP) is 4.78. The Labute approximate surface area is 148 Å². The molecule has 0 radical (unpaired) electrons. The molecule has 0 spiro atoms. The molecule has 0 aliphatic carbocycles. The first-order chi connectivity index (χ1) is 10.7. The van der Waals surface area contributed by atoms with Gasteiger partial charge in [0.25, 0.3) is 0 Å². The van der Waals surface area contributed by atoms with Gasteiger partial charge < -0.3 is 0 Å². The van der Waals surface area contributed by atoms with Crippen LogP contribution in [0.2, 0.25) is 5.02 Å². The standard InChI is InChI=1S/C14H8BrClN4S2/c15-12-6-5-11(22-12)10-7-21-14-18-17-13(20(14)19-10)8-3-1-2-4-9(8)16/h1-6H,7H2. The molecule has 2 aromatic heterocycles. The van der Waals surface area contributed by atoms with Gasteiger partial charge in [-0.25, -0.2) is 0 Å². The summed E-state index contributed by atoms with van der Waals surface area (Å²) >= 11 is 13.1. The number of fused-ring (bicyclic) bond motifs is 1. The second-order valence-corrected chi connectivity index (χ2v) is 8.35. The predicted molar refractivity (Wildman–Crippen MR) is 95.1 cm³/mol. The van der Waals surface area contributed by atoms with E-state index in [0.717, 1.165) is 30.8 Å². The molecule has 3 aromatic rings. The van der Waals surface area contributed by atoms with E-state index < -0.39 is 0 Å². The Bertz CT molecular complexity index is 887. The van der Waals surface area contributed by atoms with E-state index in [4.69, 9.17) is 16.7 Å². The van der Waals surface area contributed by atoms with Crippen molar-refractivity contribution in [2.45, 2.75) is 5.16 Å². The summed E-state index contributed by atoms with van der Waals surface area (Å²) < 4.78 is 2.87. The Morgan fingerprint density at radius 1 is 1.14 bits per heavy atom. The number of hydrogen-bond donors (Lipinski definition) is 0. The molecule has 0 atom stereocenters. The minimum Gasteiger partial charge on any atom is -0.186 e. The number of thiophene rings is 1. The summed E-state index contributed by atoms with van der Waals surface area (Å²) in [4.78, 5) is 1.14. The van der Waals surface area contributed by atoms with E-state index in [-0.39, 0.29) is 0 Å². The van der Waals surface area contributed by atoms with E-state index in [1.165, 1.54) is 0 Å². The van der Waals surface area contributed by atoms with Crippen LogP contribution in [0.1, 0.15) is 4.88 Å². The van der Waals surface area contributed by atoms with Crippen molar-refractivity contribution in [3.8, 4) is 11.4 Å². The molecule has 110 valence electrons. The van der Waals surface area contributed by atoms with E-state index in [0.29, 0.717) is 10.8 Å². The number of thioether (sulfide) groups is 1. The highest BCUT2D eigenvalue weighted by Crippen LogP contribution is 2.33. The van der Waals surface area contributed by atoms with Gasteiger partial charge in [0, 0.05) is 11.3 Å². The molecule has 4 rings (SSSR count). The van der Waals surface area contributed by atoms with Gasteiger partial charge in [-0.3, -0.25) is 0 Å². The van der Waals surface area contributed by atoms with Gasteiger partial charge in [-0.1, -0.05) is 35.5 Å². The lowest BCUT2D eigenvalue weighted by Gasteiger charge is -2.13. The summed E-state index contributed by atoms with van der Waals surface area (Å²) in [5.74, 6) is 1.45. The number of aromatic nitrogens is 3. The number of nitrogens with zero attached hydrogens (tertiary/aromatic N) is 4. The van der Waals surface area contributed by atoms with Gasteiger partial charge in [0.2, 0.25) is 5.16 Å². The molecule has 1 aliphatic rings. The molecule has 1 aromatic carbocycles. The highest BCUT2D eigenvalue weighted by molar-refractivity contribution is 9.11. The Kier molecular flexibility index (Phi) is 3.81. The zero-order valence-corrected chi connectivity index (χ0v) is 15.0. The maximum atomic E-state index is 6.27. The SMILES string of the molecule is Clc1ccccc1-c1nnc2n1N=C(c1ccc(Br)s1)CS2. The molecule has 3 heterocycles. The van der Waals surface area contributed by atoms with Gasteiger partial charge in [-0.05, 0) is 40.2 Å². The van der Waals surface area contributed by atoms with Gasteiger partial charge in [0.15, 0.2) is 5.82 Å². The summed E-state index contributed by atoms with van der Waals surface area (Å²) in [5, 5.41) is 14.6. The van der Waals surface area contributed by atoms with Gasteiger partial charge in [-0.15, -0.1) is 21.5 Å². The van der Waals surface area contributed by atoms with Gasteiger partial charge >= 0.3 is 0 Å².